The second-order valence-corrected chi connectivity index (χ2v) is 5.88. The molecule has 3 heterocycles. The SMILES string of the molecule is COc1ccnc(N(C)C[C@H]2CCc3nc(C(F)(F)F)cn3C2)n1. The molecular formula is C15H18F3N5O. The second-order valence-electron chi connectivity index (χ2n) is 5.88. The lowest BCUT2D eigenvalue weighted by molar-refractivity contribution is -0.141. The van der Waals surface area contributed by atoms with E-state index in [0.29, 0.717) is 37.2 Å². The summed E-state index contributed by atoms with van der Waals surface area (Å²) in [4.78, 5) is 14.1. The van der Waals surface area contributed by atoms with Crippen molar-refractivity contribution in [3.63, 3.8) is 0 Å². The molecule has 2 aromatic heterocycles. The molecule has 0 aromatic carbocycles. The molecule has 0 unspecified atom stereocenters. The Morgan fingerprint density at radius 1 is 1.38 bits per heavy atom. The zero-order valence-corrected chi connectivity index (χ0v) is 13.4. The van der Waals surface area contributed by atoms with Gasteiger partial charge in [0.15, 0.2) is 5.69 Å². The molecule has 0 radical (unpaired) electrons. The zero-order chi connectivity index (χ0) is 17.3. The Kier molecular flexibility index (Phi) is 4.33. The fraction of sp³-hybridized carbons (Fsp3) is 0.533. The van der Waals surface area contributed by atoms with Gasteiger partial charge in [-0.25, -0.2) is 9.97 Å². The summed E-state index contributed by atoms with van der Waals surface area (Å²) >= 11 is 0. The van der Waals surface area contributed by atoms with Crippen LogP contribution in [0.1, 0.15) is 17.9 Å². The summed E-state index contributed by atoms with van der Waals surface area (Å²) in [5, 5.41) is 0. The highest BCUT2D eigenvalue weighted by molar-refractivity contribution is 5.30. The van der Waals surface area contributed by atoms with Crippen LogP contribution in [-0.4, -0.2) is 40.2 Å². The lowest BCUT2D eigenvalue weighted by atomic mass is 9.99. The number of hydrogen-bond acceptors (Lipinski definition) is 5. The van der Waals surface area contributed by atoms with Crippen LogP contribution < -0.4 is 9.64 Å². The highest BCUT2D eigenvalue weighted by atomic mass is 19.4. The van der Waals surface area contributed by atoms with Gasteiger partial charge in [-0.05, 0) is 12.3 Å². The largest absolute Gasteiger partial charge is 0.481 e. The summed E-state index contributed by atoms with van der Waals surface area (Å²) < 4.78 is 45.0. The van der Waals surface area contributed by atoms with E-state index in [4.69, 9.17) is 4.74 Å². The topological polar surface area (TPSA) is 56.1 Å². The van der Waals surface area contributed by atoms with E-state index in [1.165, 1.54) is 7.11 Å². The van der Waals surface area contributed by atoms with Gasteiger partial charge in [-0.2, -0.15) is 18.2 Å². The molecule has 1 aliphatic rings. The first kappa shape index (κ1) is 16.5. The van der Waals surface area contributed by atoms with Crippen molar-refractivity contribution < 1.29 is 17.9 Å². The van der Waals surface area contributed by atoms with E-state index < -0.39 is 11.9 Å². The van der Waals surface area contributed by atoms with Crippen LogP contribution in [0.25, 0.3) is 0 Å². The van der Waals surface area contributed by atoms with Crippen LogP contribution in [0.5, 0.6) is 5.88 Å². The minimum atomic E-state index is -4.40. The number of aromatic nitrogens is 4. The Bertz CT molecular complexity index is 715. The van der Waals surface area contributed by atoms with Crippen molar-refractivity contribution in [2.45, 2.75) is 25.6 Å². The van der Waals surface area contributed by atoms with Gasteiger partial charge in [-0.3, -0.25) is 0 Å². The van der Waals surface area contributed by atoms with Crippen molar-refractivity contribution in [1.29, 1.82) is 0 Å². The van der Waals surface area contributed by atoms with Crippen molar-refractivity contribution in [2.75, 3.05) is 25.6 Å². The quantitative estimate of drug-likeness (QED) is 0.855. The molecule has 24 heavy (non-hydrogen) atoms. The average molecular weight is 341 g/mol. The molecule has 0 saturated carbocycles. The molecule has 6 nitrogen and oxygen atoms in total. The normalized spacial score (nSPS) is 17.5. The molecule has 9 heteroatoms. The second kappa shape index (κ2) is 6.29. The number of anilines is 1. The first-order valence-corrected chi connectivity index (χ1v) is 7.58. The fourth-order valence-corrected chi connectivity index (χ4v) is 2.90. The van der Waals surface area contributed by atoms with Crippen LogP contribution >= 0.6 is 0 Å². The Morgan fingerprint density at radius 2 is 2.17 bits per heavy atom. The van der Waals surface area contributed by atoms with Crippen molar-refractivity contribution in [3.8, 4) is 5.88 Å². The van der Waals surface area contributed by atoms with Gasteiger partial charge >= 0.3 is 6.18 Å². The Morgan fingerprint density at radius 3 is 2.88 bits per heavy atom. The molecule has 0 spiro atoms. The Balaban J connectivity index is 1.68. The number of aryl methyl sites for hydroxylation is 1. The number of methoxy groups -OCH3 is 1. The van der Waals surface area contributed by atoms with Gasteiger partial charge < -0.3 is 14.2 Å². The monoisotopic (exact) mass is 341 g/mol. The van der Waals surface area contributed by atoms with E-state index in [1.54, 1.807) is 16.8 Å². The van der Waals surface area contributed by atoms with E-state index in [-0.39, 0.29) is 5.92 Å². The van der Waals surface area contributed by atoms with Gasteiger partial charge in [-0.15, -0.1) is 0 Å². The predicted molar refractivity (Wildman–Crippen MR) is 80.9 cm³/mol. The van der Waals surface area contributed by atoms with Gasteiger partial charge in [0, 0.05) is 45.0 Å². The van der Waals surface area contributed by atoms with E-state index >= 15 is 0 Å². The molecular weight excluding hydrogens is 323 g/mol. The molecule has 0 fully saturated rings. The summed E-state index contributed by atoms with van der Waals surface area (Å²) in [6.07, 6.45) is -0.368. The molecule has 0 amide bonds. The molecule has 1 aliphatic heterocycles. The summed E-state index contributed by atoms with van der Waals surface area (Å²) in [5.41, 5.74) is -0.817. The molecule has 2 aromatic rings. The number of alkyl halides is 3. The fourth-order valence-electron chi connectivity index (χ4n) is 2.90. The Labute approximate surface area is 137 Å². The van der Waals surface area contributed by atoms with Gasteiger partial charge in [0.05, 0.1) is 7.11 Å². The first-order valence-electron chi connectivity index (χ1n) is 7.58. The number of halogens is 3. The van der Waals surface area contributed by atoms with Crippen molar-refractivity contribution in [3.05, 3.63) is 30.0 Å². The third-order valence-corrected chi connectivity index (χ3v) is 4.08. The Hall–Kier alpha value is -2.32. The van der Waals surface area contributed by atoms with Gasteiger partial charge in [0.2, 0.25) is 11.8 Å². The third kappa shape index (κ3) is 3.44. The summed E-state index contributed by atoms with van der Waals surface area (Å²) in [5.74, 6) is 1.70. The molecule has 3 rings (SSSR count). The van der Waals surface area contributed by atoms with Crippen molar-refractivity contribution in [2.24, 2.45) is 5.92 Å². The van der Waals surface area contributed by atoms with Crippen LogP contribution in [-0.2, 0) is 19.1 Å². The molecule has 1 atom stereocenters. The molecule has 0 aliphatic carbocycles. The van der Waals surface area contributed by atoms with E-state index in [1.807, 2.05) is 11.9 Å². The maximum Gasteiger partial charge on any atom is 0.434 e. The maximum atomic E-state index is 12.8. The number of imidazole rings is 1. The highest BCUT2D eigenvalue weighted by Gasteiger charge is 2.35. The number of fused-ring (bicyclic) bond motifs is 1. The zero-order valence-electron chi connectivity index (χ0n) is 13.4. The van der Waals surface area contributed by atoms with E-state index in [0.717, 1.165) is 12.6 Å². The van der Waals surface area contributed by atoms with Crippen molar-refractivity contribution in [1.82, 2.24) is 19.5 Å². The van der Waals surface area contributed by atoms with Gasteiger partial charge in [-0.1, -0.05) is 0 Å². The van der Waals surface area contributed by atoms with Crippen LogP contribution in [0.2, 0.25) is 0 Å². The predicted octanol–water partition coefficient (Wildman–Crippen LogP) is 2.40. The van der Waals surface area contributed by atoms with Crippen LogP contribution in [0, 0.1) is 5.92 Å². The number of nitrogens with zero attached hydrogens (tertiary/aromatic N) is 5. The third-order valence-electron chi connectivity index (χ3n) is 4.08. The van der Waals surface area contributed by atoms with E-state index in [2.05, 4.69) is 15.0 Å². The van der Waals surface area contributed by atoms with Crippen LogP contribution in [0.3, 0.4) is 0 Å². The number of ether oxygens (including phenoxy) is 1. The molecule has 0 saturated heterocycles. The number of hydrogen-bond donors (Lipinski definition) is 0. The standard InChI is InChI=1S/C15H18F3N5O/c1-22(14-19-6-5-13(21-14)24-2)7-10-3-4-12-20-11(15(16,17)18)9-23(12)8-10/h5-6,9-10H,3-4,7-8H2,1-2H3/t10-/m1/s1. The summed E-state index contributed by atoms with van der Waals surface area (Å²) in [6, 6.07) is 1.66. The van der Waals surface area contributed by atoms with Crippen LogP contribution in [0.4, 0.5) is 19.1 Å². The maximum absolute atomic E-state index is 12.8. The lowest BCUT2D eigenvalue weighted by Crippen LogP contribution is -2.32. The lowest BCUT2D eigenvalue weighted by Gasteiger charge is -2.28. The molecule has 0 bridgehead atoms. The minimum absolute atomic E-state index is 0.201. The smallest absolute Gasteiger partial charge is 0.434 e. The van der Waals surface area contributed by atoms with Gasteiger partial charge in [0.25, 0.3) is 0 Å². The molecule has 130 valence electrons. The van der Waals surface area contributed by atoms with Gasteiger partial charge in [0.1, 0.15) is 5.82 Å². The summed E-state index contributed by atoms with van der Waals surface area (Å²) in [6.45, 7) is 1.15. The molecule has 0 N–H and O–H groups in total. The van der Waals surface area contributed by atoms with Crippen molar-refractivity contribution >= 4 is 5.95 Å². The minimum Gasteiger partial charge on any atom is -0.481 e. The summed E-state index contributed by atoms with van der Waals surface area (Å²) in [7, 11) is 3.39. The van der Waals surface area contributed by atoms with Crippen LogP contribution in [0.15, 0.2) is 18.5 Å². The average Bonchev–Trinajstić information content (AvgIpc) is 2.98. The first-order chi connectivity index (χ1) is 11.4. The van der Waals surface area contributed by atoms with E-state index in [9.17, 15) is 13.2 Å². The highest BCUT2D eigenvalue weighted by Crippen LogP contribution is 2.31. The number of rotatable bonds is 4.